The van der Waals surface area contributed by atoms with E-state index in [1.54, 1.807) is 23.1 Å². The average Bonchev–Trinajstić information content (AvgIpc) is 3.17. The molecular formula is C23H36N4O4S. The van der Waals surface area contributed by atoms with Gasteiger partial charge in [-0.1, -0.05) is 13.8 Å². The van der Waals surface area contributed by atoms with Gasteiger partial charge in [-0.2, -0.15) is 4.31 Å². The summed E-state index contributed by atoms with van der Waals surface area (Å²) in [6.45, 7) is 10.4. The maximum Gasteiger partial charge on any atom is 0.243 e. The number of carbonyl (C=O) groups is 2. The minimum Gasteiger partial charge on any atom is -0.370 e. The van der Waals surface area contributed by atoms with Gasteiger partial charge in [0.1, 0.15) is 0 Å². The van der Waals surface area contributed by atoms with Gasteiger partial charge < -0.3 is 15.1 Å². The van der Waals surface area contributed by atoms with Gasteiger partial charge in [-0.3, -0.25) is 9.59 Å². The number of hydrogen-bond donors (Lipinski definition) is 1. The zero-order valence-electron chi connectivity index (χ0n) is 19.6. The molecule has 0 bridgehead atoms. The van der Waals surface area contributed by atoms with E-state index in [-0.39, 0.29) is 29.2 Å². The Balaban J connectivity index is 1.92. The van der Waals surface area contributed by atoms with Crippen molar-refractivity contribution in [2.24, 2.45) is 5.92 Å². The first-order chi connectivity index (χ1) is 15.2. The molecule has 178 valence electrons. The zero-order valence-corrected chi connectivity index (χ0v) is 20.5. The molecule has 2 heterocycles. The number of hydrogen-bond acceptors (Lipinski definition) is 5. The van der Waals surface area contributed by atoms with Crippen LogP contribution in [0.15, 0.2) is 23.1 Å². The number of anilines is 2. The lowest BCUT2D eigenvalue weighted by Crippen LogP contribution is -2.34. The van der Waals surface area contributed by atoms with Gasteiger partial charge in [0.2, 0.25) is 21.8 Å². The van der Waals surface area contributed by atoms with E-state index in [4.69, 9.17) is 0 Å². The van der Waals surface area contributed by atoms with Crippen LogP contribution in [0.5, 0.6) is 0 Å². The van der Waals surface area contributed by atoms with Crippen LogP contribution in [-0.4, -0.2) is 68.2 Å². The third kappa shape index (κ3) is 5.09. The van der Waals surface area contributed by atoms with E-state index in [2.05, 4.69) is 10.2 Å². The van der Waals surface area contributed by atoms with Gasteiger partial charge in [-0.05, 0) is 51.3 Å². The Morgan fingerprint density at radius 3 is 2.38 bits per heavy atom. The van der Waals surface area contributed by atoms with Gasteiger partial charge in [-0.25, -0.2) is 8.42 Å². The molecule has 32 heavy (non-hydrogen) atoms. The van der Waals surface area contributed by atoms with Crippen molar-refractivity contribution < 1.29 is 18.0 Å². The summed E-state index contributed by atoms with van der Waals surface area (Å²) in [5, 5.41) is 2.97. The van der Waals surface area contributed by atoms with Crippen LogP contribution >= 0.6 is 0 Å². The van der Waals surface area contributed by atoms with Crippen molar-refractivity contribution in [3.05, 3.63) is 18.2 Å². The monoisotopic (exact) mass is 464 g/mol. The molecule has 0 spiro atoms. The van der Waals surface area contributed by atoms with Crippen LogP contribution in [0.2, 0.25) is 0 Å². The van der Waals surface area contributed by atoms with Crippen LogP contribution in [-0.2, 0) is 19.6 Å². The van der Waals surface area contributed by atoms with Gasteiger partial charge in [0.15, 0.2) is 0 Å². The number of nitrogens with one attached hydrogen (secondary N) is 1. The summed E-state index contributed by atoms with van der Waals surface area (Å²) in [6.07, 6.45) is 3.48. The van der Waals surface area contributed by atoms with Crippen molar-refractivity contribution in [1.29, 1.82) is 0 Å². The third-order valence-corrected chi connectivity index (χ3v) is 8.46. The first-order valence-electron chi connectivity index (χ1n) is 11.7. The highest BCUT2D eigenvalue weighted by Crippen LogP contribution is 2.33. The molecule has 0 aromatic heterocycles. The molecule has 0 aliphatic carbocycles. The molecule has 1 atom stereocenters. The number of likely N-dealkylation sites (tertiary alicyclic amines) is 1. The molecule has 1 unspecified atom stereocenters. The predicted octanol–water partition coefficient (Wildman–Crippen LogP) is 2.90. The number of piperidine rings is 1. The second-order valence-corrected chi connectivity index (χ2v) is 10.8. The smallest absolute Gasteiger partial charge is 0.243 e. The van der Waals surface area contributed by atoms with Gasteiger partial charge in [0, 0.05) is 45.2 Å². The zero-order chi connectivity index (χ0) is 23.5. The molecule has 2 fully saturated rings. The van der Waals surface area contributed by atoms with Gasteiger partial charge in [0.05, 0.1) is 22.2 Å². The molecule has 2 saturated heterocycles. The van der Waals surface area contributed by atoms with E-state index < -0.39 is 15.9 Å². The number of nitrogens with zero attached hydrogens (tertiary/aromatic N) is 3. The van der Waals surface area contributed by atoms with Crippen LogP contribution < -0.4 is 10.2 Å². The fourth-order valence-electron chi connectivity index (χ4n) is 4.54. The van der Waals surface area contributed by atoms with Crippen LogP contribution in [0.25, 0.3) is 0 Å². The first kappa shape index (κ1) is 24.5. The summed E-state index contributed by atoms with van der Waals surface area (Å²) < 4.78 is 27.6. The Labute approximate surface area is 192 Å². The van der Waals surface area contributed by atoms with E-state index in [0.29, 0.717) is 25.3 Å². The summed E-state index contributed by atoms with van der Waals surface area (Å²) in [6, 6.07) is 5.06. The minimum atomic E-state index is -3.65. The Kier molecular flexibility index (Phi) is 7.82. The van der Waals surface area contributed by atoms with E-state index in [1.165, 1.54) is 10.7 Å². The van der Waals surface area contributed by atoms with Crippen LogP contribution in [0.3, 0.4) is 0 Å². The molecule has 9 heteroatoms. The Hall–Kier alpha value is -2.13. The Bertz CT molecular complexity index is 937. The summed E-state index contributed by atoms with van der Waals surface area (Å²) in [4.78, 5) is 29.5. The lowest BCUT2D eigenvalue weighted by atomic mass is 10.1. The molecule has 1 aromatic carbocycles. The highest BCUT2D eigenvalue weighted by molar-refractivity contribution is 7.89. The van der Waals surface area contributed by atoms with Crippen LogP contribution in [0.4, 0.5) is 11.4 Å². The number of carbonyl (C=O) groups excluding carboxylic acids is 2. The van der Waals surface area contributed by atoms with E-state index in [9.17, 15) is 18.0 Å². The number of benzene rings is 1. The number of amides is 2. The van der Waals surface area contributed by atoms with Gasteiger partial charge >= 0.3 is 0 Å². The first-order valence-corrected chi connectivity index (χ1v) is 13.1. The molecule has 8 nitrogen and oxygen atoms in total. The lowest BCUT2D eigenvalue weighted by Gasteiger charge is -2.31. The molecule has 1 N–H and O–H groups in total. The quantitative estimate of drug-likeness (QED) is 0.639. The van der Waals surface area contributed by atoms with Crippen LogP contribution in [0, 0.1) is 5.92 Å². The molecule has 0 radical (unpaired) electrons. The van der Waals surface area contributed by atoms with Crippen LogP contribution in [0.1, 0.15) is 53.4 Å². The third-order valence-electron chi connectivity index (χ3n) is 6.42. The van der Waals surface area contributed by atoms with Crippen molar-refractivity contribution in [3.63, 3.8) is 0 Å². The van der Waals surface area contributed by atoms with Crippen molar-refractivity contribution in [2.45, 2.75) is 64.3 Å². The molecular weight excluding hydrogens is 428 g/mol. The van der Waals surface area contributed by atoms with Crippen molar-refractivity contribution >= 4 is 33.2 Å². The average molecular weight is 465 g/mol. The lowest BCUT2D eigenvalue weighted by molar-refractivity contribution is -0.129. The summed E-state index contributed by atoms with van der Waals surface area (Å²) >= 11 is 0. The Morgan fingerprint density at radius 2 is 1.81 bits per heavy atom. The number of sulfonamides is 1. The topological polar surface area (TPSA) is 90.0 Å². The summed E-state index contributed by atoms with van der Waals surface area (Å²) in [5.74, 6) is -0.700. The molecule has 0 saturated carbocycles. The molecule has 2 aliphatic rings. The molecule has 1 aromatic rings. The molecule has 3 rings (SSSR count). The summed E-state index contributed by atoms with van der Waals surface area (Å²) in [7, 11) is -3.65. The van der Waals surface area contributed by atoms with E-state index >= 15 is 0 Å². The highest BCUT2D eigenvalue weighted by Gasteiger charge is 2.36. The number of rotatable bonds is 8. The van der Waals surface area contributed by atoms with Crippen molar-refractivity contribution in [1.82, 2.24) is 9.21 Å². The Morgan fingerprint density at radius 1 is 1.16 bits per heavy atom. The van der Waals surface area contributed by atoms with E-state index in [1.807, 2.05) is 27.7 Å². The minimum absolute atomic E-state index is 0.0192. The van der Waals surface area contributed by atoms with Gasteiger partial charge in [-0.15, -0.1) is 0 Å². The predicted molar refractivity (Wildman–Crippen MR) is 126 cm³/mol. The summed E-state index contributed by atoms with van der Waals surface area (Å²) in [5.41, 5.74) is 1.34. The second kappa shape index (κ2) is 10.2. The normalized spacial score (nSPS) is 19.8. The molecule has 2 amide bonds. The standard InChI is InChI=1S/C23H36N4O4S/c1-5-26(6-2)32(30,31)19-10-11-21(25-12-8-7-9-13-25)20(15-19)24-23(29)18-14-22(28)27(16-18)17(3)4/h10-11,15,17-18H,5-9,12-14,16H2,1-4H3,(H,24,29). The fourth-order valence-corrected chi connectivity index (χ4v) is 6.02. The van der Waals surface area contributed by atoms with E-state index in [0.717, 1.165) is 31.6 Å². The van der Waals surface area contributed by atoms with Gasteiger partial charge in [0.25, 0.3) is 0 Å². The highest BCUT2D eigenvalue weighted by atomic mass is 32.2. The van der Waals surface area contributed by atoms with Crippen molar-refractivity contribution in [2.75, 3.05) is 42.9 Å². The molecule has 2 aliphatic heterocycles. The maximum atomic E-state index is 13.1. The maximum absolute atomic E-state index is 13.1. The second-order valence-electron chi connectivity index (χ2n) is 8.85. The van der Waals surface area contributed by atoms with Crippen molar-refractivity contribution in [3.8, 4) is 0 Å². The largest absolute Gasteiger partial charge is 0.370 e. The SMILES string of the molecule is CCN(CC)S(=O)(=O)c1ccc(N2CCCCC2)c(NC(=O)C2CC(=O)N(C(C)C)C2)c1. The fraction of sp³-hybridized carbons (Fsp3) is 0.652.